The van der Waals surface area contributed by atoms with Crippen LogP contribution in [0.4, 0.5) is 4.39 Å². The molecule has 90 valence electrons. The first-order valence-electron chi connectivity index (χ1n) is 5.99. The quantitative estimate of drug-likeness (QED) is 0.805. The summed E-state index contributed by atoms with van der Waals surface area (Å²) in [6.07, 6.45) is 0.809. The summed E-state index contributed by atoms with van der Waals surface area (Å²) in [7, 11) is 0. The molecule has 0 spiro atoms. The van der Waals surface area contributed by atoms with Gasteiger partial charge in [0.15, 0.2) is 0 Å². The zero-order valence-electron chi connectivity index (χ0n) is 10.7. The van der Waals surface area contributed by atoms with E-state index in [-0.39, 0.29) is 5.82 Å². The molecule has 0 fully saturated rings. The first-order chi connectivity index (χ1) is 7.49. The molecule has 0 aromatic heterocycles. The van der Waals surface area contributed by atoms with Gasteiger partial charge in [0.05, 0.1) is 0 Å². The lowest BCUT2D eigenvalue weighted by molar-refractivity contribution is 0.562. The van der Waals surface area contributed by atoms with Gasteiger partial charge in [0.25, 0.3) is 0 Å². The number of rotatable bonds is 5. The lowest BCUT2D eigenvalue weighted by Gasteiger charge is -2.10. The number of nitrogens with one attached hydrogen (secondary N) is 1. The molecule has 0 saturated heterocycles. The predicted octanol–water partition coefficient (Wildman–Crippen LogP) is 3.52. The molecule has 0 aliphatic rings. The molecule has 1 aromatic carbocycles. The van der Waals surface area contributed by atoms with Gasteiger partial charge < -0.3 is 5.32 Å². The van der Waals surface area contributed by atoms with Crippen LogP contribution in [0.2, 0.25) is 0 Å². The average Bonchev–Trinajstić information content (AvgIpc) is 2.18. The summed E-state index contributed by atoms with van der Waals surface area (Å²) in [5.41, 5.74) is 1.84. The SMILES string of the molecule is CC(C)Cc1ccc(CNC(C)C)cc1F. The van der Waals surface area contributed by atoms with Crippen molar-refractivity contribution in [1.29, 1.82) is 0 Å². The van der Waals surface area contributed by atoms with Crippen LogP contribution in [0.25, 0.3) is 0 Å². The molecule has 2 heteroatoms. The molecule has 0 atom stereocenters. The topological polar surface area (TPSA) is 12.0 Å². The van der Waals surface area contributed by atoms with Crippen LogP contribution in [0.3, 0.4) is 0 Å². The van der Waals surface area contributed by atoms with Crippen molar-refractivity contribution < 1.29 is 4.39 Å². The van der Waals surface area contributed by atoms with Crippen LogP contribution in [0.5, 0.6) is 0 Å². The fraction of sp³-hybridized carbons (Fsp3) is 0.571. The molecule has 1 rings (SSSR count). The number of halogens is 1. The van der Waals surface area contributed by atoms with E-state index in [0.29, 0.717) is 12.0 Å². The maximum Gasteiger partial charge on any atom is 0.126 e. The van der Waals surface area contributed by atoms with Crippen molar-refractivity contribution in [3.8, 4) is 0 Å². The Morgan fingerprint density at radius 2 is 1.88 bits per heavy atom. The number of hydrogen-bond donors (Lipinski definition) is 1. The third-order valence-electron chi connectivity index (χ3n) is 2.46. The number of hydrogen-bond acceptors (Lipinski definition) is 1. The second-order valence-electron chi connectivity index (χ2n) is 5.06. The van der Waals surface area contributed by atoms with Crippen LogP contribution < -0.4 is 5.32 Å². The minimum absolute atomic E-state index is 0.0724. The van der Waals surface area contributed by atoms with Gasteiger partial charge in [0, 0.05) is 12.6 Å². The molecule has 0 aliphatic heterocycles. The minimum Gasteiger partial charge on any atom is -0.310 e. The first-order valence-corrected chi connectivity index (χ1v) is 5.99. The molecular formula is C14H22FN. The van der Waals surface area contributed by atoms with Gasteiger partial charge in [-0.05, 0) is 29.5 Å². The zero-order chi connectivity index (χ0) is 12.1. The van der Waals surface area contributed by atoms with Crippen LogP contribution in [0, 0.1) is 11.7 Å². The highest BCUT2D eigenvalue weighted by Crippen LogP contribution is 2.14. The molecular weight excluding hydrogens is 201 g/mol. The summed E-state index contributed by atoms with van der Waals surface area (Å²) in [5, 5.41) is 3.28. The fourth-order valence-electron chi connectivity index (χ4n) is 1.63. The normalized spacial score (nSPS) is 11.4. The smallest absolute Gasteiger partial charge is 0.126 e. The molecule has 1 nitrogen and oxygen atoms in total. The molecule has 0 heterocycles. The monoisotopic (exact) mass is 223 g/mol. The highest BCUT2D eigenvalue weighted by atomic mass is 19.1. The van der Waals surface area contributed by atoms with Crippen molar-refractivity contribution in [3.63, 3.8) is 0 Å². The summed E-state index contributed by atoms with van der Waals surface area (Å²) in [6, 6.07) is 5.99. The van der Waals surface area contributed by atoms with E-state index in [4.69, 9.17) is 0 Å². The van der Waals surface area contributed by atoms with Crippen LogP contribution in [-0.2, 0) is 13.0 Å². The highest BCUT2D eigenvalue weighted by molar-refractivity contribution is 5.24. The third kappa shape index (κ3) is 4.31. The second-order valence-corrected chi connectivity index (χ2v) is 5.06. The Balaban J connectivity index is 2.67. The molecule has 0 bridgehead atoms. The van der Waals surface area contributed by atoms with Gasteiger partial charge >= 0.3 is 0 Å². The Hall–Kier alpha value is -0.890. The van der Waals surface area contributed by atoms with Crippen molar-refractivity contribution in [1.82, 2.24) is 5.32 Å². The zero-order valence-corrected chi connectivity index (χ0v) is 10.7. The van der Waals surface area contributed by atoms with Crippen LogP contribution in [-0.4, -0.2) is 6.04 Å². The Bertz CT molecular complexity index is 332. The van der Waals surface area contributed by atoms with E-state index in [1.807, 2.05) is 12.1 Å². The Morgan fingerprint density at radius 1 is 1.19 bits per heavy atom. The van der Waals surface area contributed by atoms with E-state index in [0.717, 1.165) is 24.1 Å². The van der Waals surface area contributed by atoms with Gasteiger partial charge in [-0.2, -0.15) is 0 Å². The Kier molecular flexibility index (Phi) is 4.94. The lowest BCUT2D eigenvalue weighted by Crippen LogP contribution is -2.21. The summed E-state index contributed by atoms with van der Waals surface area (Å²) in [4.78, 5) is 0. The van der Waals surface area contributed by atoms with Crippen LogP contribution in [0.1, 0.15) is 38.8 Å². The summed E-state index contributed by atoms with van der Waals surface area (Å²) in [5.74, 6) is 0.422. The lowest BCUT2D eigenvalue weighted by atomic mass is 10.0. The maximum atomic E-state index is 13.7. The summed E-state index contributed by atoms with van der Waals surface area (Å²) < 4.78 is 13.7. The van der Waals surface area contributed by atoms with Crippen molar-refractivity contribution in [3.05, 3.63) is 35.1 Å². The standard InChI is InChI=1S/C14H22FN/c1-10(2)7-13-6-5-12(8-14(13)15)9-16-11(3)4/h5-6,8,10-11,16H,7,9H2,1-4H3. The van der Waals surface area contributed by atoms with Gasteiger partial charge in [-0.25, -0.2) is 4.39 Å². The minimum atomic E-state index is -0.0724. The maximum absolute atomic E-state index is 13.7. The largest absolute Gasteiger partial charge is 0.310 e. The van der Waals surface area contributed by atoms with E-state index in [1.165, 1.54) is 0 Å². The molecule has 1 aromatic rings. The van der Waals surface area contributed by atoms with Gasteiger partial charge in [0.1, 0.15) is 5.82 Å². The van der Waals surface area contributed by atoms with Gasteiger partial charge in [-0.3, -0.25) is 0 Å². The van der Waals surface area contributed by atoms with Gasteiger partial charge in [0.2, 0.25) is 0 Å². The van der Waals surface area contributed by atoms with E-state index in [2.05, 4.69) is 33.0 Å². The molecule has 16 heavy (non-hydrogen) atoms. The van der Waals surface area contributed by atoms with E-state index < -0.39 is 0 Å². The van der Waals surface area contributed by atoms with Crippen molar-refractivity contribution in [2.75, 3.05) is 0 Å². The van der Waals surface area contributed by atoms with E-state index in [1.54, 1.807) is 6.07 Å². The highest BCUT2D eigenvalue weighted by Gasteiger charge is 2.05. The molecule has 1 N–H and O–H groups in total. The van der Waals surface area contributed by atoms with Crippen LogP contribution >= 0.6 is 0 Å². The molecule has 0 aliphatic carbocycles. The molecule has 0 amide bonds. The van der Waals surface area contributed by atoms with Crippen molar-refractivity contribution in [2.45, 2.75) is 46.7 Å². The van der Waals surface area contributed by atoms with Gasteiger partial charge in [-0.1, -0.05) is 39.8 Å². The molecule has 0 radical (unpaired) electrons. The predicted molar refractivity (Wildman–Crippen MR) is 66.9 cm³/mol. The van der Waals surface area contributed by atoms with Crippen molar-refractivity contribution >= 4 is 0 Å². The van der Waals surface area contributed by atoms with Crippen LogP contribution in [0.15, 0.2) is 18.2 Å². The first kappa shape index (κ1) is 13.2. The number of benzene rings is 1. The summed E-state index contributed by atoms with van der Waals surface area (Å²) >= 11 is 0. The second kappa shape index (κ2) is 6.00. The van der Waals surface area contributed by atoms with Gasteiger partial charge in [-0.15, -0.1) is 0 Å². The van der Waals surface area contributed by atoms with Crippen molar-refractivity contribution in [2.24, 2.45) is 5.92 Å². The van der Waals surface area contributed by atoms with E-state index >= 15 is 0 Å². The average molecular weight is 223 g/mol. The third-order valence-corrected chi connectivity index (χ3v) is 2.46. The fourth-order valence-corrected chi connectivity index (χ4v) is 1.63. The molecule has 0 unspecified atom stereocenters. The molecule has 0 saturated carbocycles. The summed E-state index contributed by atoms with van der Waals surface area (Å²) in [6.45, 7) is 9.12. The van der Waals surface area contributed by atoms with E-state index in [9.17, 15) is 4.39 Å². The Labute approximate surface area is 98.1 Å². The Morgan fingerprint density at radius 3 is 2.38 bits per heavy atom.